The van der Waals surface area contributed by atoms with Crippen LogP contribution in [-0.2, 0) is 0 Å². The van der Waals surface area contributed by atoms with E-state index in [4.69, 9.17) is 5.73 Å². The zero-order valence-electron chi connectivity index (χ0n) is 13.7. The summed E-state index contributed by atoms with van der Waals surface area (Å²) in [5.74, 6) is 0.710. The van der Waals surface area contributed by atoms with Crippen molar-refractivity contribution in [1.29, 1.82) is 0 Å². The van der Waals surface area contributed by atoms with E-state index in [0.717, 1.165) is 44.4 Å². The Morgan fingerprint density at radius 1 is 1.35 bits per heavy atom. The van der Waals surface area contributed by atoms with Crippen molar-refractivity contribution in [2.75, 3.05) is 50.7 Å². The number of guanidine groups is 1. The molecule has 0 aromatic carbocycles. The van der Waals surface area contributed by atoms with Crippen LogP contribution in [0.5, 0.6) is 0 Å². The molecule has 2 aliphatic heterocycles. The predicted octanol–water partition coefficient (Wildman–Crippen LogP) is 1.68. The number of halogens is 1. The first kappa shape index (κ1) is 18.7. The second-order valence-electron chi connectivity index (χ2n) is 5.91. The summed E-state index contributed by atoms with van der Waals surface area (Å²) in [5, 5.41) is 3.14. The molecule has 2 saturated heterocycles. The van der Waals surface area contributed by atoms with Crippen LogP contribution < -0.4 is 10.6 Å². The molecule has 0 aliphatic carbocycles. The number of nitrogens with zero attached hydrogens (tertiary/aromatic N) is 5. The van der Waals surface area contributed by atoms with Crippen molar-refractivity contribution < 1.29 is 0 Å². The van der Waals surface area contributed by atoms with Gasteiger partial charge in [0.2, 0.25) is 0 Å². The van der Waals surface area contributed by atoms with Crippen LogP contribution in [-0.4, -0.2) is 72.6 Å². The zero-order valence-corrected chi connectivity index (χ0v) is 16.9. The molecule has 2 aliphatic rings. The largest absolute Gasteiger partial charge is 0.370 e. The lowest BCUT2D eigenvalue weighted by molar-refractivity contribution is 0.272. The molecule has 3 rings (SSSR count). The number of likely N-dealkylation sites (N-methyl/N-ethyl adjacent to an activating group) is 1. The van der Waals surface area contributed by atoms with E-state index >= 15 is 0 Å². The fourth-order valence-electron chi connectivity index (χ4n) is 3.32. The van der Waals surface area contributed by atoms with Gasteiger partial charge < -0.3 is 15.5 Å². The van der Waals surface area contributed by atoms with Crippen molar-refractivity contribution in [3.8, 4) is 0 Å². The number of aromatic nitrogens is 1. The standard InChI is InChI=1S/C15H26N6S.HI/c1-2-19-6-3-4-13(19)12-18-14(16)20-7-9-21(10-8-20)15-17-5-11-22-15;/h5,11,13H,2-4,6-10,12H2,1H3,(H2,16,18);1H. The summed E-state index contributed by atoms with van der Waals surface area (Å²) < 4.78 is 0. The molecule has 3 heterocycles. The summed E-state index contributed by atoms with van der Waals surface area (Å²) in [6.45, 7) is 9.18. The Morgan fingerprint density at radius 3 is 2.78 bits per heavy atom. The van der Waals surface area contributed by atoms with E-state index in [1.807, 2.05) is 11.6 Å². The second-order valence-corrected chi connectivity index (χ2v) is 6.79. The Morgan fingerprint density at radius 2 is 2.13 bits per heavy atom. The Labute approximate surface area is 159 Å². The minimum absolute atomic E-state index is 0. The van der Waals surface area contributed by atoms with Crippen LogP contribution in [0.3, 0.4) is 0 Å². The van der Waals surface area contributed by atoms with Crippen molar-refractivity contribution in [2.45, 2.75) is 25.8 Å². The Kier molecular flexibility index (Phi) is 7.35. The maximum Gasteiger partial charge on any atom is 0.191 e. The summed E-state index contributed by atoms with van der Waals surface area (Å²) in [5.41, 5.74) is 6.20. The number of rotatable bonds is 4. The predicted molar refractivity (Wildman–Crippen MR) is 108 cm³/mol. The van der Waals surface area contributed by atoms with E-state index in [0.29, 0.717) is 12.0 Å². The average molecular weight is 450 g/mol. The van der Waals surface area contributed by atoms with Gasteiger partial charge in [-0.25, -0.2) is 4.98 Å². The third-order valence-corrected chi connectivity index (χ3v) is 5.49. The van der Waals surface area contributed by atoms with Gasteiger partial charge in [0.25, 0.3) is 0 Å². The van der Waals surface area contributed by atoms with Crippen molar-refractivity contribution in [3.05, 3.63) is 11.6 Å². The van der Waals surface area contributed by atoms with E-state index in [9.17, 15) is 0 Å². The van der Waals surface area contributed by atoms with Gasteiger partial charge in [-0.1, -0.05) is 6.92 Å². The number of nitrogens with two attached hydrogens (primary N) is 1. The molecule has 1 atom stereocenters. The van der Waals surface area contributed by atoms with Gasteiger partial charge in [0, 0.05) is 43.8 Å². The number of likely N-dealkylation sites (tertiary alicyclic amines) is 1. The van der Waals surface area contributed by atoms with Gasteiger partial charge in [-0.15, -0.1) is 35.3 Å². The maximum absolute atomic E-state index is 6.20. The normalized spacial score (nSPS) is 23.2. The number of hydrogen-bond acceptors (Lipinski definition) is 5. The third kappa shape index (κ3) is 4.69. The van der Waals surface area contributed by atoms with Crippen molar-refractivity contribution in [2.24, 2.45) is 10.7 Å². The summed E-state index contributed by atoms with van der Waals surface area (Å²) in [6.07, 6.45) is 4.41. The van der Waals surface area contributed by atoms with Crippen LogP contribution in [0.25, 0.3) is 0 Å². The number of hydrogen-bond donors (Lipinski definition) is 1. The van der Waals surface area contributed by atoms with E-state index in [1.54, 1.807) is 11.3 Å². The highest BCUT2D eigenvalue weighted by Crippen LogP contribution is 2.19. The molecule has 8 heteroatoms. The van der Waals surface area contributed by atoms with Crippen LogP contribution in [0, 0.1) is 0 Å². The summed E-state index contributed by atoms with van der Waals surface area (Å²) >= 11 is 1.70. The van der Waals surface area contributed by atoms with Crippen LogP contribution >= 0.6 is 35.3 Å². The Hall–Kier alpha value is -0.610. The molecule has 1 aromatic rings. The van der Waals surface area contributed by atoms with Gasteiger partial charge in [-0.2, -0.15) is 0 Å². The van der Waals surface area contributed by atoms with Crippen LogP contribution in [0.2, 0.25) is 0 Å². The summed E-state index contributed by atoms with van der Waals surface area (Å²) in [6, 6.07) is 0.583. The number of thiazole rings is 1. The van der Waals surface area contributed by atoms with Gasteiger partial charge in [0.15, 0.2) is 11.1 Å². The number of piperazine rings is 1. The first-order chi connectivity index (χ1) is 10.8. The van der Waals surface area contributed by atoms with Gasteiger partial charge >= 0.3 is 0 Å². The lowest BCUT2D eigenvalue weighted by Gasteiger charge is -2.35. The minimum atomic E-state index is 0. The Balaban J connectivity index is 0.00000192. The molecule has 0 radical (unpaired) electrons. The van der Waals surface area contributed by atoms with E-state index in [2.05, 4.69) is 31.6 Å². The molecule has 2 N–H and O–H groups in total. The van der Waals surface area contributed by atoms with Gasteiger partial charge in [-0.05, 0) is 25.9 Å². The molecular formula is C15H27IN6S. The van der Waals surface area contributed by atoms with Gasteiger partial charge in [0.05, 0.1) is 6.54 Å². The van der Waals surface area contributed by atoms with Crippen molar-refractivity contribution in [1.82, 2.24) is 14.8 Å². The van der Waals surface area contributed by atoms with E-state index < -0.39 is 0 Å². The van der Waals surface area contributed by atoms with Crippen LogP contribution in [0.15, 0.2) is 16.6 Å². The molecule has 0 saturated carbocycles. The quantitative estimate of drug-likeness (QED) is 0.430. The molecular weight excluding hydrogens is 423 g/mol. The fraction of sp³-hybridized carbons (Fsp3) is 0.733. The minimum Gasteiger partial charge on any atom is -0.370 e. The molecule has 0 amide bonds. The highest BCUT2D eigenvalue weighted by Gasteiger charge is 2.23. The zero-order chi connectivity index (χ0) is 15.4. The van der Waals surface area contributed by atoms with Crippen molar-refractivity contribution in [3.63, 3.8) is 0 Å². The lowest BCUT2D eigenvalue weighted by Crippen LogP contribution is -2.51. The smallest absolute Gasteiger partial charge is 0.191 e. The summed E-state index contributed by atoms with van der Waals surface area (Å²) in [7, 11) is 0. The monoisotopic (exact) mass is 450 g/mol. The van der Waals surface area contributed by atoms with Crippen LogP contribution in [0.1, 0.15) is 19.8 Å². The molecule has 130 valence electrons. The van der Waals surface area contributed by atoms with E-state index in [1.165, 1.54) is 19.4 Å². The highest BCUT2D eigenvalue weighted by molar-refractivity contribution is 14.0. The molecule has 2 fully saturated rings. The van der Waals surface area contributed by atoms with Gasteiger partial charge in [-0.3, -0.25) is 9.89 Å². The second kappa shape index (κ2) is 9.03. The first-order valence-electron chi connectivity index (χ1n) is 8.21. The molecule has 0 spiro atoms. The number of aliphatic imine (C=N–C) groups is 1. The first-order valence-corrected chi connectivity index (χ1v) is 9.09. The molecule has 23 heavy (non-hydrogen) atoms. The number of anilines is 1. The molecule has 1 unspecified atom stereocenters. The molecule has 1 aromatic heterocycles. The summed E-state index contributed by atoms with van der Waals surface area (Å²) in [4.78, 5) is 16.1. The SMILES string of the molecule is CCN1CCCC1CN=C(N)N1CCN(c2nccs2)CC1.I. The lowest BCUT2D eigenvalue weighted by atomic mass is 10.2. The molecule has 0 bridgehead atoms. The highest BCUT2D eigenvalue weighted by atomic mass is 127. The fourth-order valence-corrected chi connectivity index (χ4v) is 4.01. The van der Waals surface area contributed by atoms with E-state index in [-0.39, 0.29) is 24.0 Å². The third-order valence-electron chi connectivity index (χ3n) is 4.66. The molecule has 6 nitrogen and oxygen atoms in total. The van der Waals surface area contributed by atoms with Crippen LogP contribution in [0.4, 0.5) is 5.13 Å². The average Bonchev–Trinajstić information content (AvgIpc) is 3.24. The topological polar surface area (TPSA) is 61.0 Å². The Bertz CT molecular complexity index is 486. The van der Waals surface area contributed by atoms with Crippen molar-refractivity contribution >= 4 is 46.4 Å². The van der Waals surface area contributed by atoms with Gasteiger partial charge in [0.1, 0.15) is 0 Å². The maximum atomic E-state index is 6.20.